The van der Waals surface area contributed by atoms with Crippen molar-refractivity contribution in [1.29, 1.82) is 0 Å². The molecule has 0 saturated carbocycles. The van der Waals surface area contributed by atoms with Gasteiger partial charge in [0.1, 0.15) is 11.4 Å². The third-order valence-corrected chi connectivity index (χ3v) is 3.18. The lowest BCUT2D eigenvalue weighted by atomic mass is 10.1. The van der Waals surface area contributed by atoms with Crippen molar-refractivity contribution in [3.8, 4) is 11.4 Å². The van der Waals surface area contributed by atoms with Crippen LogP contribution in [0.1, 0.15) is 10.4 Å². The molecule has 1 saturated heterocycles. The lowest BCUT2D eigenvalue weighted by Gasteiger charge is -2.28. The van der Waals surface area contributed by atoms with Crippen molar-refractivity contribution in [3.63, 3.8) is 0 Å². The number of ether oxygens (including phenoxy) is 1. The van der Waals surface area contributed by atoms with Crippen LogP contribution in [0.3, 0.4) is 0 Å². The first-order chi connectivity index (χ1) is 9.90. The number of nitrogens with zero attached hydrogens (tertiary/aromatic N) is 4. The van der Waals surface area contributed by atoms with Crippen LogP contribution < -0.4 is 4.90 Å². The maximum absolute atomic E-state index is 11.2. The summed E-state index contributed by atoms with van der Waals surface area (Å²) in [5, 5.41) is 0. The monoisotopic (exact) mass is 270 g/mol. The molecule has 2 aromatic heterocycles. The molecule has 0 N–H and O–H groups in total. The minimum Gasteiger partial charge on any atom is -0.378 e. The second-order valence-corrected chi connectivity index (χ2v) is 4.39. The molecule has 102 valence electrons. The fourth-order valence-corrected chi connectivity index (χ4v) is 2.21. The fraction of sp³-hybridized carbons (Fsp3) is 0.286. The second-order valence-electron chi connectivity index (χ2n) is 4.39. The Morgan fingerprint density at radius 3 is 2.60 bits per heavy atom. The summed E-state index contributed by atoms with van der Waals surface area (Å²) in [5.74, 6) is 0.748. The maximum atomic E-state index is 11.2. The summed E-state index contributed by atoms with van der Waals surface area (Å²) in [4.78, 5) is 26.3. The van der Waals surface area contributed by atoms with E-state index in [9.17, 15) is 4.79 Å². The number of carbonyl (C=O) groups excluding carboxylic acids is 1. The van der Waals surface area contributed by atoms with Gasteiger partial charge in [-0.15, -0.1) is 0 Å². The maximum Gasteiger partial charge on any atom is 0.156 e. The van der Waals surface area contributed by atoms with E-state index < -0.39 is 0 Å². The predicted octanol–water partition coefficient (Wildman–Crippen LogP) is 1.19. The van der Waals surface area contributed by atoms with E-state index in [1.54, 1.807) is 30.7 Å². The van der Waals surface area contributed by atoms with E-state index in [0.29, 0.717) is 30.2 Å². The summed E-state index contributed by atoms with van der Waals surface area (Å²) < 4.78 is 5.35. The van der Waals surface area contributed by atoms with Gasteiger partial charge < -0.3 is 9.64 Å². The van der Waals surface area contributed by atoms with Gasteiger partial charge in [0.2, 0.25) is 0 Å². The van der Waals surface area contributed by atoms with Gasteiger partial charge in [-0.25, -0.2) is 9.97 Å². The molecule has 0 unspecified atom stereocenters. The van der Waals surface area contributed by atoms with Crippen LogP contribution in [0.4, 0.5) is 5.82 Å². The van der Waals surface area contributed by atoms with Crippen molar-refractivity contribution >= 4 is 12.1 Å². The number of aromatic nitrogens is 3. The van der Waals surface area contributed by atoms with E-state index in [4.69, 9.17) is 4.74 Å². The van der Waals surface area contributed by atoms with E-state index >= 15 is 0 Å². The number of aldehydes is 1. The van der Waals surface area contributed by atoms with Gasteiger partial charge in [-0.05, 0) is 12.1 Å². The smallest absolute Gasteiger partial charge is 0.156 e. The molecule has 0 bridgehead atoms. The Hall–Kier alpha value is -2.34. The molecule has 2 aromatic rings. The van der Waals surface area contributed by atoms with Crippen LogP contribution in [-0.4, -0.2) is 47.5 Å². The number of morpholine rings is 1. The third kappa shape index (κ3) is 2.37. The van der Waals surface area contributed by atoms with Crippen LogP contribution in [-0.2, 0) is 4.74 Å². The summed E-state index contributed by atoms with van der Waals surface area (Å²) in [6.45, 7) is 2.85. The molecule has 6 nitrogen and oxygen atoms in total. The second kappa shape index (κ2) is 5.75. The van der Waals surface area contributed by atoms with Crippen molar-refractivity contribution in [2.24, 2.45) is 0 Å². The highest BCUT2D eigenvalue weighted by Gasteiger charge is 2.20. The van der Waals surface area contributed by atoms with Crippen LogP contribution in [0.15, 0.2) is 30.7 Å². The highest BCUT2D eigenvalue weighted by molar-refractivity contribution is 5.87. The zero-order valence-electron chi connectivity index (χ0n) is 10.9. The van der Waals surface area contributed by atoms with E-state index in [1.807, 2.05) is 0 Å². The van der Waals surface area contributed by atoms with E-state index in [-0.39, 0.29) is 0 Å². The topological polar surface area (TPSA) is 68.2 Å². The molecule has 0 spiro atoms. The summed E-state index contributed by atoms with van der Waals surface area (Å²) in [5.41, 5.74) is 1.72. The van der Waals surface area contributed by atoms with Crippen LogP contribution >= 0.6 is 0 Å². The molecule has 0 radical (unpaired) electrons. The Morgan fingerprint density at radius 2 is 1.80 bits per heavy atom. The summed E-state index contributed by atoms with van der Waals surface area (Å²) in [6, 6.07) is 3.46. The Labute approximate surface area is 116 Å². The zero-order valence-corrected chi connectivity index (χ0v) is 10.9. The van der Waals surface area contributed by atoms with E-state index in [1.165, 1.54) is 0 Å². The van der Waals surface area contributed by atoms with Crippen LogP contribution in [0.25, 0.3) is 11.4 Å². The molecule has 1 fully saturated rings. The molecule has 3 heterocycles. The quantitative estimate of drug-likeness (QED) is 0.780. The number of hydrogen-bond acceptors (Lipinski definition) is 6. The number of hydrogen-bond donors (Lipinski definition) is 0. The Bertz CT molecular complexity index is 612. The number of anilines is 1. The van der Waals surface area contributed by atoms with Gasteiger partial charge in [-0.2, -0.15) is 0 Å². The van der Waals surface area contributed by atoms with E-state index in [2.05, 4.69) is 19.9 Å². The van der Waals surface area contributed by atoms with Gasteiger partial charge >= 0.3 is 0 Å². The van der Waals surface area contributed by atoms with Crippen LogP contribution in [0.2, 0.25) is 0 Å². The standard InChI is InChI=1S/C14H14N4O2/c19-10-11-2-1-3-15-12(11)13-14(17-5-4-16-13)18-6-8-20-9-7-18/h1-5,10H,6-9H2. The van der Waals surface area contributed by atoms with Crippen molar-refractivity contribution in [1.82, 2.24) is 15.0 Å². The summed E-state index contributed by atoms with van der Waals surface area (Å²) >= 11 is 0. The van der Waals surface area contributed by atoms with Gasteiger partial charge in [0, 0.05) is 37.2 Å². The first kappa shape index (κ1) is 12.7. The summed E-state index contributed by atoms with van der Waals surface area (Å²) in [7, 11) is 0. The average Bonchev–Trinajstić information content (AvgIpc) is 2.55. The van der Waals surface area contributed by atoms with Gasteiger partial charge in [-0.3, -0.25) is 9.78 Å². The molecule has 1 aliphatic rings. The first-order valence-corrected chi connectivity index (χ1v) is 6.44. The SMILES string of the molecule is O=Cc1cccnc1-c1nccnc1N1CCOCC1. The molecule has 1 aliphatic heterocycles. The highest BCUT2D eigenvalue weighted by atomic mass is 16.5. The van der Waals surface area contributed by atoms with Gasteiger partial charge in [-0.1, -0.05) is 0 Å². The lowest BCUT2D eigenvalue weighted by Crippen LogP contribution is -2.37. The Kier molecular flexibility index (Phi) is 3.64. The van der Waals surface area contributed by atoms with Crippen molar-refractivity contribution in [2.45, 2.75) is 0 Å². The minimum absolute atomic E-state index is 0.516. The molecule has 20 heavy (non-hydrogen) atoms. The predicted molar refractivity (Wildman–Crippen MR) is 73.7 cm³/mol. The molecular weight excluding hydrogens is 256 g/mol. The third-order valence-electron chi connectivity index (χ3n) is 3.18. The fourth-order valence-electron chi connectivity index (χ4n) is 2.21. The zero-order chi connectivity index (χ0) is 13.8. The van der Waals surface area contributed by atoms with E-state index in [0.717, 1.165) is 25.2 Å². The molecule has 0 aliphatic carbocycles. The summed E-state index contributed by atoms with van der Waals surface area (Å²) in [6.07, 6.45) is 5.71. The number of pyridine rings is 1. The largest absolute Gasteiger partial charge is 0.378 e. The van der Waals surface area contributed by atoms with Gasteiger partial charge in [0.25, 0.3) is 0 Å². The Balaban J connectivity index is 2.07. The number of carbonyl (C=O) groups is 1. The normalized spacial score (nSPS) is 15.1. The minimum atomic E-state index is 0.516. The molecule has 3 rings (SSSR count). The molecular formula is C14H14N4O2. The van der Waals surface area contributed by atoms with Gasteiger partial charge in [0.15, 0.2) is 12.1 Å². The van der Waals surface area contributed by atoms with Crippen LogP contribution in [0.5, 0.6) is 0 Å². The molecule has 0 amide bonds. The molecule has 0 atom stereocenters. The lowest BCUT2D eigenvalue weighted by molar-refractivity contribution is 0.112. The van der Waals surface area contributed by atoms with Crippen molar-refractivity contribution < 1.29 is 9.53 Å². The van der Waals surface area contributed by atoms with Gasteiger partial charge in [0.05, 0.1) is 13.2 Å². The average molecular weight is 270 g/mol. The number of rotatable bonds is 3. The van der Waals surface area contributed by atoms with Crippen molar-refractivity contribution in [3.05, 3.63) is 36.3 Å². The highest BCUT2D eigenvalue weighted by Crippen LogP contribution is 2.27. The molecule has 6 heteroatoms. The Morgan fingerprint density at radius 1 is 1.05 bits per heavy atom. The van der Waals surface area contributed by atoms with Crippen molar-refractivity contribution in [2.75, 3.05) is 31.2 Å². The molecule has 0 aromatic carbocycles. The first-order valence-electron chi connectivity index (χ1n) is 6.44. The van der Waals surface area contributed by atoms with Crippen LogP contribution in [0, 0.1) is 0 Å².